The Hall–Kier alpha value is -1.65. The van der Waals surface area contributed by atoms with Crippen LogP contribution in [0.4, 0.5) is 4.79 Å². The lowest BCUT2D eigenvalue weighted by atomic mass is 9.84. The lowest BCUT2D eigenvalue weighted by molar-refractivity contribution is -0.185. The molecule has 1 heterocycles. The summed E-state index contributed by atoms with van der Waals surface area (Å²) in [7, 11) is 0. The highest BCUT2D eigenvalue weighted by Gasteiger charge is 2.26. The molecule has 0 spiro atoms. The van der Waals surface area contributed by atoms with Crippen LogP contribution in [0.5, 0.6) is 5.95 Å². The third-order valence-corrected chi connectivity index (χ3v) is 2.76. The summed E-state index contributed by atoms with van der Waals surface area (Å²) in [6.07, 6.45) is 1.25. The van der Waals surface area contributed by atoms with E-state index in [4.69, 9.17) is 14.0 Å². The molecule has 18 heavy (non-hydrogen) atoms. The van der Waals surface area contributed by atoms with Crippen molar-refractivity contribution < 1.29 is 23.7 Å². The Bertz CT molecular complexity index is 392. The van der Waals surface area contributed by atoms with Gasteiger partial charge in [0.2, 0.25) is 0 Å². The van der Waals surface area contributed by atoms with Gasteiger partial charge in [-0.1, -0.05) is 20.8 Å². The highest BCUT2D eigenvalue weighted by Crippen LogP contribution is 2.35. The van der Waals surface area contributed by atoms with E-state index in [1.165, 1.54) is 6.26 Å². The van der Waals surface area contributed by atoms with E-state index >= 15 is 0 Å². The lowest BCUT2D eigenvalue weighted by Gasteiger charge is -2.21. The van der Waals surface area contributed by atoms with Crippen molar-refractivity contribution in [1.29, 1.82) is 0 Å². The molecule has 5 nitrogen and oxygen atoms in total. The summed E-state index contributed by atoms with van der Waals surface area (Å²) in [6.45, 7) is 9.61. The standard InChI is InChI=1S/C13H20O5/c1-6-13(4,5)10-7-8-15-11(10)17-18-12(14)16-9(2)3/h7-9H,6H2,1-5H3. The second-order valence-corrected chi connectivity index (χ2v) is 4.94. The molecule has 1 aromatic heterocycles. The Balaban J connectivity index is 2.64. The maximum absolute atomic E-state index is 11.2. The fourth-order valence-electron chi connectivity index (χ4n) is 1.34. The second-order valence-electron chi connectivity index (χ2n) is 4.94. The van der Waals surface area contributed by atoms with E-state index in [1.807, 2.05) is 0 Å². The van der Waals surface area contributed by atoms with E-state index < -0.39 is 6.16 Å². The summed E-state index contributed by atoms with van der Waals surface area (Å²) in [4.78, 5) is 20.6. The van der Waals surface area contributed by atoms with Gasteiger partial charge >= 0.3 is 12.1 Å². The highest BCUT2D eigenvalue weighted by molar-refractivity contribution is 5.59. The Morgan fingerprint density at radius 1 is 1.44 bits per heavy atom. The number of hydrogen-bond acceptors (Lipinski definition) is 5. The SMILES string of the molecule is CCC(C)(C)c1ccoc1OOC(=O)OC(C)C. The van der Waals surface area contributed by atoms with Crippen LogP contribution < -0.4 is 4.89 Å². The molecule has 102 valence electrons. The molecule has 0 N–H and O–H groups in total. The molecule has 0 saturated heterocycles. The first-order valence-corrected chi connectivity index (χ1v) is 6.00. The van der Waals surface area contributed by atoms with Gasteiger partial charge in [-0.05, 0) is 31.7 Å². The van der Waals surface area contributed by atoms with E-state index in [2.05, 4.69) is 25.7 Å². The van der Waals surface area contributed by atoms with Gasteiger partial charge < -0.3 is 9.15 Å². The van der Waals surface area contributed by atoms with E-state index in [0.29, 0.717) is 0 Å². The molecule has 0 radical (unpaired) electrons. The number of rotatable bonds is 5. The Kier molecular flexibility index (Phi) is 4.64. The molecule has 0 aliphatic rings. The predicted octanol–water partition coefficient (Wildman–Crippen LogP) is 3.82. The van der Waals surface area contributed by atoms with E-state index in [-0.39, 0.29) is 17.5 Å². The average Bonchev–Trinajstić information content (AvgIpc) is 2.74. The van der Waals surface area contributed by atoms with Gasteiger partial charge in [-0.15, -0.1) is 0 Å². The van der Waals surface area contributed by atoms with Crippen LogP contribution in [-0.4, -0.2) is 12.3 Å². The normalized spacial score (nSPS) is 11.4. The van der Waals surface area contributed by atoms with E-state index in [9.17, 15) is 4.79 Å². The highest BCUT2D eigenvalue weighted by atomic mass is 17.2. The Labute approximate surface area is 107 Å². The quantitative estimate of drug-likeness (QED) is 0.455. The molecular formula is C13H20O5. The molecular weight excluding hydrogens is 236 g/mol. The lowest BCUT2D eigenvalue weighted by Crippen LogP contribution is -2.18. The monoisotopic (exact) mass is 256 g/mol. The van der Waals surface area contributed by atoms with Gasteiger partial charge in [0.1, 0.15) is 0 Å². The van der Waals surface area contributed by atoms with Gasteiger partial charge in [-0.2, -0.15) is 4.79 Å². The fraction of sp³-hybridized carbons (Fsp3) is 0.615. The third kappa shape index (κ3) is 3.68. The van der Waals surface area contributed by atoms with Crippen molar-refractivity contribution in [3.05, 3.63) is 17.9 Å². The second kappa shape index (κ2) is 5.80. The van der Waals surface area contributed by atoms with Crippen LogP contribution in [-0.2, 0) is 15.0 Å². The predicted molar refractivity (Wildman–Crippen MR) is 65.4 cm³/mol. The Morgan fingerprint density at radius 3 is 2.67 bits per heavy atom. The van der Waals surface area contributed by atoms with Crippen LogP contribution in [0.3, 0.4) is 0 Å². The van der Waals surface area contributed by atoms with Crippen LogP contribution in [0.2, 0.25) is 0 Å². The summed E-state index contributed by atoms with van der Waals surface area (Å²) < 4.78 is 9.93. The van der Waals surface area contributed by atoms with Gasteiger partial charge in [0.15, 0.2) is 0 Å². The van der Waals surface area contributed by atoms with Crippen LogP contribution in [0, 0.1) is 0 Å². The van der Waals surface area contributed by atoms with Crippen molar-refractivity contribution in [2.45, 2.75) is 52.6 Å². The maximum Gasteiger partial charge on any atom is 0.550 e. The van der Waals surface area contributed by atoms with Crippen molar-refractivity contribution in [2.75, 3.05) is 0 Å². The minimum absolute atomic E-state index is 0.117. The molecule has 0 saturated carbocycles. The summed E-state index contributed by atoms with van der Waals surface area (Å²) in [6, 6.07) is 1.80. The Morgan fingerprint density at radius 2 is 2.11 bits per heavy atom. The summed E-state index contributed by atoms with van der Waals surface area (Å²) in [5.74, 6) is 0.183. The number of ether oxygens (including phenoxy) is 1. The first-order valence-electron chi connectivity index (χ1n) is 6.00. The molecule has 0 aliphatic carbocycles. The molecule has 0 fully saturated rings. The van der Waals surface area contributed by atoms with E-state index in [1.54, 1.807) is 19.9 Å². The number of carbonyl (C=O) groups excluding carboxylic acids is 1. The smallest absolute Gasteiger partial charge is 0.431 e. The van der Waals surface area contributed by atoms with Crippen LogP contribution >= 0.6 is 0 Å². The largest absolute Gasteiger partial charge is 0.550 e. The zero-order valence-corrected chi connectivity index (χ0v) is 11.5. The van der Waals surface area contributed by atoms with Gasteiger partial charge in [-0.25, -0.2) is 9.78 Å². The molecule has 0 amide bonds. The number of hydrogen-bond donors (Lipinski definition) is 0. The topological polar surface area (TPSA) is 57.9 Å². The first-order chi connectivity index (χ1) is 8.36. The van der Waals surface area contributed by atoms with Crippen LogP contribution in [0.25, 0.3) is 0 Å². The molecule has 0 aliphatic heterocycles. The molecule has 5 heteroatoms. The maximum atomic E-state index is 11.2. The van der Waals surface area contributed by atoms with Crippen LogP contribution in [0.1, 0.15) is 46.6 Å². The van der Waals surface area contributed by atoms with Gasteiger partial charge in [-0.3, -0.25) is 0 Å². The summed E-state index contributed by atoms with van der Waals surface area (Å²) in [5.41, 5.74) is 0.732. The van der Waals surface area contributed by atoms with Crippen molar-refractivity contribution in [2.24, 2.45) is 0 Å². The van der Waals surface area contributed by atoms with Crippen molar-refractivity contribution in [1.82, 2.24) is 0 Å². The average molecular weight is 256 g/mol. The van der Waals surface area contributed by atoms with Crippen LogP contribution in [0.15, 0.2) is 16.7 Å². The molecule has 0 bridgehead atoms. The minimum atomic E-state index is -0.887. The van der Waals surface area contributed by atoms with Crippen molar-refractivity contribution in [3.63, 3.8) is 0 Å². The van der Waals surface area contributed by atoms with Crippen molar-refractivity contribution in [3.8, 4) is 5.95 Å². The molecule has 1 rings (SSSR count). The third-order valence-electron chi connectivity index (χ3n) is 2.76. The zero-order valence-electron chi connectivity index (χ0n) is 11.5. The first kappa shape index (κ1) is 14.4. The summed E-state index contributed by atoms with van der Waals surface area (Å²) in [5, 5.41) is 0. The van der Waals surface area contributed by atoms with Gasteiger partial charge in [0, 0.05) is 5.56 Å². The molecule has 1 aromatic rings. The van der Waals surface area contributed by atoms with E-state index in [0.717, 1.165) is 12.0 Å². The van der Waals surface area contributed by atoms with Crippen molar-refractivity contribution >= 4 is 6.16 Å². The number of furan rings is 1. The number of carbonyl (C=O) groups is 1. The minimum Gasteiger partial charge on any atom is -0.431 e. The van der Waals surface area contributed by atoms with Gasteiger partial charge in [0.05, 0.1) is 12.4 Å². The molecule has 0 aromatic carbocycles. The van der Waals surface area contributed by atoms with Gasteiger partial charge in [0.25, 0.3) is 0 Å². The zero-order chi connectivity index (χ0) is 13.8. The molecule has 0 atom stereocenters. The molecule has 0 unspecified atom stereocenters. The fourth-order valence-corrected chi connectivity index (χ4v) is 1.34. The summed E-state index contributed by atoms with van der Waals surface area (Å²) >= 11 is 0.